The Morgan fingerprint density at radius 1 is 0.950 bits per heavy atom. The van der Waals surface area contributed by atoms with Crippen molar-refractivity contribution in [1.82, 2.24) is 0 Å². The van der Waals surface area contributed by atoms with Gasteiger partial charge in [0.15, 0.2) is 0 Å². The van der Waals surface area contributed by atoms with E-state index < -0.39 is 0 Å². The first-order valence-corrected chi connectivity index (χ1v) is 6.55. The van der Waals surface area contributed by atoms with Gasteiger partial charge in [0.25, 0.3) is 0 Å². The molecule has 1 aliphatic heterocycles. The Hall–Kier alpha value is -2.07. The van der Waals surface area contributed by atoms with Gasteiger partial charge in [0.05, 0.1) is 5.57 Å². The summed E-state index contributed by atoms with van der Waals surface area (Å²) in [6.45, 7) is 0.211. The van der Waals surface area contributed by atoms with E-state index in [1.807, 2.05) is 24.3 Å². The van der Waals surface area contributed by atoms with E-state index in [0.29, 0.717) is 5.57 Å². The molecule has 0 atom stereocenters. The largest absolute Gasteiger partial charge is 0.457 e. The molecule has 0 saturated heterocycles. The third kappa shape index (κ3) is 2.34. The molecule has 0 bridgehead atoms. The molecule has 4 heteroatoms. The standard InChI is InChI=1S/C16H11FO2S/c17-12-5-1-10(2-6-12)14-9-19-16(18)15(14)11-3-7-13(20)8-4-11/h1-8,20H,9H2. The third-order valence-electron chi connectivity index (χ3n) is 3.20. The maximum absolute atomic E-state index is 13.0. The second-order valence-corrected chi connectivity index (χ2v) is 5.00. The number of thiol groups is 1. The lowest BCUT2D eigenvalue weighted by Crippen LogP contribution is -1.98. The first kappa shape index (κ1) is 12.9. The lowest BCUT2D eigenvalue weighted by Gasteiger charge is -2.05. The molecule has 20 heavy (non-hydrogen) atoms. The molecule has 2 aromatic carbocycles. The average Bonchev–Trinajstić information content (AvgIpc) is 2.83. The summed E-state index contributed by atoms with van der Waals surface area (Å²) in [4.78, 5) is 12.8. The molecule has 1 heterocycles. The van der Waals surface area contributed by atoms with Crippen LogP contribution in [0.4, 0.5) is 4.39 Å². The minimum atomic E-state index is -0.351. The molecule has 0 aliphatic carbocycles. The molecule has 1 aliphatic rings. The summed E-state index contributed by atoms with van der Waals surface area (Å²) in [5.74, 6) is -0.656. The Morgan fingerprint density at radius 3 is 2.20 bits per heavy atom. The number of carbonyl (C=O) groups is 1. The van der Waals surface area contributed by atoms with Crippen LogP contribution in [0.2, 0.25) is 0 Å². The van der Waals surface area contributed by atoms with E-state index in [0.717, 1.165) is 21.6 Å². The lowest BCUT2D eigenvalue weighted by molar-refractivity contribution is -0.133. The van der Waals surface area contributed by atoms with Gasteiger partial charge >= 0.3 is 5.97 Å². The highest BCUT2D eigenvalue weighted by molar-refractivity contribution is 7.80. The number of benzene rings is 2. The van der Waals surface area contributed by atoms with Crippen LogP contribution in [-0.4, -0.2) is 12.6 Å². The van der Waals surface area contributed by atoms with Crippen LogP contribution in [0.15, 0.2) is 53.4 Å². The van der Waals surface area contributed by atoms with Gasteiger partial charge in [-0.25, -0.2) is 9.18 Å². The first-order valence-electron chi connectivity index (χ1n) is 6.11. The van der Waals surface area contributed by atoms with Crippen molar-refractivity contribution in [3.63, 3.8) is 0 Å². The minimum absolute atomic E-state index is 0.211. The number of ether oxygens (including phenoxy) is 1. The molecular weight excluding hydrogens is 275 g/mol. The fraction of sp³-hybridized carbons (Fsp3) is 0.0625. The minimum Gasteiger partial charge on any atom is -0.457 e. The smallest absolute Gasteiger partial charge is 0.339 e. The van der Waals surface area contributed by atoms with Crippen LogP contribution in [0.5, 0.6) is 0 Å². The second-order valence-electron chi connectivity index (χ2n) is 4.48. The van der Waals surface area contributed by atoms with Crippen molar-refractivity contribution in [3.8, 4) is 0 Å². The topological polar surface area (TPSA) is 26.3 Å². The Balaban J connectivity index is 2.12. The highest BCUT2D eigenvalue weighted by Crippen LogP contribution is 2.33. The van der Waals surface area contributed by atoms with E-state index >= 15 is 0 Å². The zero-order valence-electron chi connectivity index (χ0n) is 10.5. The summed E-state index contributed by atoms with van der Waals surface area (Å²) in [6, 6.07) is 13.3. The average molecular weight is 286 g/mol. The summed E-state index contributed by atoms with van der Waals surface area (Å²) in [7, 11) is 0. The van der Waals surface area contributed by atoms with E-state index in [9.17, 15) is 9.18 Å². The summed E-state index contributed by atoms with van der Waals surface area (Å²) in [6.07, 6.45) is 0. The van der Waals surface area contributed by atoms with E-state index in [1.54, 1.807) is 12.1 Å². The lowest BCUT2D eigenvalue weighted by atomic mass is 9.97. The zero-order valence-corrected chi connectivity index (χ0v) is 11.4. The van der Waals surface area contributed by atoms with Crippen LogP contribution in [-0.2, 0) is 9.53 Å². The highest BCUT2D eigenvalue weighted by Gasteiger charge is 2.27. The molecule has 0 amide bonds. The van der Waals surface area contributed by atoms with E-state index in [4.69, 9.17) is 4.74 Å². The molecule has 0 spiro atoms. The molecule has 0 unspecified atom stereocenters. The van der Waals surface area contributed by atoms with Gasteiger partial charge in [0, 0.05) is 10.5 Å². The number of cyclic esters (lactones) is 1. The first-order chi connectivity index (χ1) is 9.65. The van der Waals surface area contributed by atoms with E-state index in [1.165, 1.54) is 12.1 Å². The Morgan fingerprint density at radius 2 is 1.55 bits per heavy atom. The normalized spacial score (nSPS) is 14.6. The number of carbonyl (C=O) groups excluding carboxylic acids is 1. The maximum Gasteiger partial charge on any atom is 0.339 e. The highest BCUT2D eigenvalue weighted by atomic mass is 32.1. The number of rotatable bonds is 2. The van der Waals surface area contributed by atoms with Gasteiger partial charge in [-0.3, -0.25) is 0 Å². The van der Waals surface area contributed by atoms with E-state index in [-0.39, 0.29) is 18.4 Å². The summed E-state index contributed by atoms with van der Waals surface area (Å²) < 4.78 is 18.1. The van der Waals surface area contributed by atoms with Crippen LogP contribution in [0, 0.1) is 5.82 Å². The molecule has 0 N–H and O–H groups in total. The van der Waals surface area contributed by atoms with Crippen molar-refractivity contribution >= 4 is 29.7 Å². The summed E-state index contributed by atoms with van der Waals surface area (Å²) >= 11 is 4.23. The predicted molar refractivity (Wildman–Crippen MR) is 77.9 cm³/mol. The fourth-order valence-electron chi connectivity index (χ4n) is 2.20. The Labute approximate surface area is 121 Å². The van der Waals surface area contributed by atoms with E-state index in [2.05, 4.69) is 12.6 Å². The van der Waals surface area contributed by atoms with Crippen molar-refractivity contribution in [2.75, 3.05) is 6.61 Å². The number of hydrogen-bond acceptors (Lipinski definition) is 3. The quantitative estimate of drug-likeness (QED) is 0.674. The SMILES string of the molecule is O=C1OCC(c2ccc(F)cc2)=C1c1ccc(S)cc1. The number of esters is 1. The monoisotopic (exact) mass is 286 g/mol. The van der Waals surface area contributed by atoms with Crippen LogP contribution >= 0.6 is 12.6 Å². The molecule has 2 nitrogen and oxygen atoms in total. The van der Waals surface area contributed by atoms with Crippen molar-refractivity contribution in [3.05, 3.63) is 65.5 Å². The molecule has 0 saturated carbocycles. The third-order valence-corrected chi connectivity index (χ3v) is 3.50. The molecular formula is C16H11FO2S. The van der Waals surface area contributed by atoms with Crippen molar-refractivity contribution < 1.29 is 13.9 Å². The summed E-state index contributed by atoms with van der Waals surface area (Å²) in [5.41, 5.74) is 2.89. The van der Waals surface area contributed by atoms with Crippen molar-refractivity contribution in [1.29, 1.82) is 0 Å². The van der Waals surface area contributed by atoms with Gasteiger partial charge in [-0.05, 0) is 35.4 Å². The van der Waals surface area contributed by atoms with Crippen LogP contribution in [0.25, 0.3) is 11.1 Å². The fourth-order valence-corrected chi connectivity index (χ4v) is 2.35. The zero-order chi connectivity index (χ0) is 14.1. The number of halogens is 1. The van der Waals surface area contributed by atoms with Gasteiger partial charge < -0.3 is 4.74 Å². The second kappa shape index (κ2) is 5.13. The maximum atomic E-state index is 13.0. The predicted octanol–water partition coefficient (Wildman–Crippen LogP) is 3.58. The Bertz CT molecular complexity index is 687. The summed E-state index contributed by atoms with van der Waals surface area (Å²) in [5, 5.41) is 0. The van der Waals surface area contributed by atoms with Gasteiger partial charge in [-0.2, -0.15) is 0 Å². The molecule has 0 radical (unpaired) electrons. The van der Waals surface area contributed by atoms with Crippen LogP contribution < -0.4 is 0 Å². The molecule has 100 valence electrons. The molecule has 2 aromatic rings. The molecule has 0 aromatic heterocycles. The van der Waals surface area contributed by atoms with Crippen molar-refractivity contribution in [2.45, 2.75) is 4.90 Å². The van der Waals surface area contributed by atoms with Gasteiger partial charge in [0.1, 0.15) is 12.4 Å². The van der Waals surface area contributed by atoms with Gasteiger partial charge in [-0.1, -0.05) is 24.3 Å². The molecule has 3 rings (SSSR count). The van der Waals surface area contributed by atoms with Crippen LogP contribution in [0.3, 0.4) is 0 Å². The van der Waals surface area contributed by atoms with Gasteiger partial charge in [0.2, 0.25) is 0 Å². The molecule has 0 fully saturated rings. The van der Waals surface area contributed by atoms with Gasteiger partial charge in [-0.15, -0.1) is 12.6 Å². The van der Waals surface area contributed by atoms with Crippen LogP contribution in [0.1, 0.15) is 11.1 Å². The number of hydrogen-bond donors (Lipinski definition) is 1. The Kier molecular flexibility index (Phi) is 3.32. The van der Waals surface area contributed by atoms with Crippen molar-refractivity contribution in [2.24, 2.45) is 0 Å².